The van der Waals surface area contributed by atoms with Crippen LogP contribution in [0.4, 0.5) is 0 Å². The first-order valence-corrected chi connectivity index (χ1v) is 7.82. The van der Waals surface area contributed by atoms with Crippen molar-refractivity contribution in [2.45, 2.75) is 6.42 Å². The molecule has 24 heavy (non-hydrogen) atoms. The van der Waals surface area contributed by atoms with E-state index < -0.39 is 0 Å². The fourth-order valence-corrected chi connectivity index (χ4v) is 2.17. The van der Waals surface area contributed by atoms with Crippen LogP contribution in [0.15, 0.2) is 42.5 Å². The molecule has 2 rings (SSSR count). The lowest BCUT2D eigenvalue weighted by Crippen LogP contribution is -2.14. The average Bonchev–Trinajstić information content (AvgIpc) is 2.61. The number of ether oxygens (including phenoxy) is 2. The third-order valence-electron chi connectivity index (χ3n) is 3.25. The molecular formula is C19H18ClNO3. The van der Waals surface area contributed by atoms with Crippen molar-refractivity contribution in [2.24, 2.45) is 0 Å². The van der Waals surface area contributed by atoms with Crippen LogP contribution in [-0.2, 0) is 11.2 Å². The van der Waals surface area contributed by atoms with Gasteiger partial charge in [0.1, 0.15) is 6.61 Å². The molecule has 0 saturated carbocycles. The van der Waals surface area contributed by atoms with Crippen LogP contribution >= 0.6 is 11.6 Å². The van der Waals surface area contributed by atoms with Crippen LogP contribution in [0.1, 0.15) is 11.1 Å². The predicted molar refractivity (Wildman–Crippen MR) is 94.6 cm³/mol. The standard InChI is InChI=1S/C19H18ClNO3/c1-23-19-13-16(10-11-21-14-22)6-9-18(19)24-12-2-3-15-4-7-17(20)8-5-15/h4-9,13-14H,10-12H2,1H3,(H,21,22). The highest BCUT2D eigenvalue weighted by Crippen LogP contribution is 2.28. The number of halogens is 1. The maximum atomic E-state index is 10.3. The molecule has 1 N–H and O–H groups in total. The summed E-state index contributed by atoms with van der Waals surface area (Å²) in [6.07, 6.45) is 1.42. The van der Waals surface area contributed by atoms with E-state index >= 15 is 0 Å². The van der Waals surface area contributed by atoms with E-state index in [1.165, 1.54) is 0 Å². The normalized spacial score (nSPS) is 9.58. The van der Waals surface area contributed by atoms with Crippen LogP contribution in [0.2, 0.25) is 5.02 Å². The Hall–Kier alpha value is -2.64. The number of amides is 1. The van der Waals surface area contributed by atoms with E-state index in [1.807, 2.05) is 30.3 Å². The van der Waals surface area contributed by atoms with Gasteiger partial charge in [0.15, 0.2) is 11.5 Å². The van der Waals surface area contributed by atoms with Crippen molar-refractivity contribution >= 4 is 18.0 Å². The average molecular weight is 344 g/mol. The molecule has 124 valence electrons. The molecule has 2 aromatic rings. The Morgan fingerprint density at radius 3 is 2.67 bits per heavy atom. The number of rotatable bonds is 7. The Kier molecular flexibility index (Phi) is 7.00. The first kappa shape index (κ1) is 17.7. The minimum atomic E-state index is 0.255. The first-order chi connectivity index (χ1) is 11.7. The van der Waals surface area contributed by atoms with Crippen LogP contribution in [0, 0.1) is 11.8 Å². The summed E-state index contributed by atoms with van der Waals surface area (Å²) < 4.78 is 11.0. The van der Waals surface area contributed by atoms with E-state index in [1.54, 1.807) is 19.2 Å². The zero-order valence-corrected chi connectivity index (χ0v) is 14.1. The summed E-state index contributed by atoms with van der Waals surface area (Å²) in [5.41, 5.74) is 1.94. The summed E-state index contributed by atoms with van der Waals surface area (Å²) in [5.74, 6) is 7.25. The highest BCUT2D eigenvalue weighted by Gasteiger charge is 2.05. The van der Waals surface area contributed by atoms with E-state index in [9.17, 15) is 4.79 Å². The smallest absolute Gasteiger partial charge is 0.207 e. The molecule has 0 aliphatic heterocycles. The van der Waals surface area contributed by atoms with Crippen LogP contribution in [-0.4, -0.2) is 26.7 Å². The fourth-order valence-electron chi connectivity index (χ4n) is 2.05. The lowest BCUT2D eigenvalue weighted by atomic mass is 10.1. The van der Waals surface area contributed by atoms with Crippen molar-refractivity contribution < 1.29 is 14.3 Å². The third-order valence-corrected chi connectivity index (χ3v) is 3.50. The number of carbonyl (C=O) groups excluding carboxylic acids is 1. The molecule has 0 aromatic heterocycles. The highest BCUT2D eigenvalue weighted by molar-refractivity contribution is 6.30. The summed E-state index contributed by atoms with van der Waals surface area (Å²) in [7, 11) is 1.59. The largest absolute Gasteiger partial charge is 0.493 e. The van der Waals surface area contributed by atoms with Crippen LogP contribution in [0.25, 0.3) is 0 Å². The molecule has 0 fully saturated rings. The summed E-state index contributed by atoms with van der Waals surface area (Å²) in [6.45, 7) is 0.838. The van der Waals surface area contributed by atoms with Gasteiger partial charge in [0.25, 0.3) is 0 Å². The summed E-state index contributed by atoms with van der Waals surface area (Å²) >= 11 is 5.83. The van der Waals surface area contributed by atoms with Gasteiger partial charge in [-0.15, -0.1) is 0 Å². The maximum absolute atomic E-state index is 10.3. The second-order valence-corrected chi connectivity index (χ2v) is 5.34. The Morgan fingerprint density at radius 1 is 1.17 bits per heavy atom. The van der Waals surface area contributed by atoms with Crippen LogP contribution in [0.3, 0.4) is 0 Å². The Morgan fingerprint density at radius 2 is 1.96 bits per heavy atom. The lowest BCUT2D eigenvalue weighted by Gasteiger charge is -2.10. The van der Waals surface area contributed by atoms with Gasteiger partial charge in [-0.25, -0.2) is 0 Å². The van der Waals surface area contributed by atoms with Crippen molar-refractivity contribution in [3.05, 3.63) is 58.6 Å². The lowest BCUT2D eigenvalue weighted by molar-refractivity contribution is -0.109. The van der Waals surface area contributed by atoms with Gasteiger partial charge in [0, 0.05) is 17.1 Å². The zero-order valence-electron chi connectivity index (χ0n) is 13.3. The van der Waals surface area contributed by atoms with Crippen molar-refractivity contribution in [2.75, 3.05) is 20.3 Å². The van der Waals surface area contributed by atoms with Gasteiger partial charge in [-0.1, -0.05) is 29.5 Å². The van der Waals surface area contributed by atoms with Crippen molar-refractivity contribution in [3.8, 4) is 23.3 Å². The monoisotopic (exact) mass is 343 g/mol. The summed E-state index contributed by atoms with van der Waals surface area (Å²) in [5, 5.41) is 3.32. The number of carbonyl (C=O) groups is 1. The number of methoxy groups -OCH3 is 1. The van der Waals surface area contributed by atoms with Crippen LogP contribution in [0.5, 0.6) is 11.5 Å². The van der Waals surface area contributed by atoms with E-state index in [4.69, 9.17) is 21.1 Å². The van der Waals surface area contributed by atoms with Crippen molar-refractivity contribution in [3.63, 3.8) is 0 Å². The maximum Gasteiger partial charge on any atom is 0.207 e. The van der Waals surface area contributed by atoms with Gasteiger partial charge in [0.05, 0.1) is 7.11 Å². The number of hydrogen-bond acceptors (Lipinski definition) is 3. The zero-order chi connectivity index (χ0) is 17.2. The van der Waals surface area contributed by atoms with Gasteiger partial charge in [-0.3, -0.25) is 4.79 Å². The van der Waals surface area contributed by atoms with E-state index in [-0.39, 0.29) is 6.61 Å². The van der Waals surface area contributed by atoms with Gasteiger partial charge in [-0.2, -0.15) is 0 Å². The Bertz CT molecular complexity index is 733. The van der Waals surface area contributed by atoms with Crippen LogP contribution < -0.4 is 14.8 Å². The second kappa shape index (κ2) is 9.49. The van der Waals surface area contributed by atoms with E-state index in [0.29, 0.717) is 29.5 Å². The summed E-state index contributed by atoms with van der Waals surface area (Å²) in [4.78, 5) is 10.3. The molecule has 0 spiro atoms. The minimum absolute atomic E-state index is 0.255. The topological polar surface area (TPSA) is 47.6 Å². The molecule has 0 aliphatic carbocycles. The molecular weight excluding hydrogens is 326 g/mol. The minimum Gasteiger partial charge on any atom is -0.493 e. The number of benzene rings is 2. The molecule has 0 saturated heterocycles. The van der Waals surface area contributed by atoms with E-state index in [0.717, 1.165) is 17.5 Å². The van der Waals surface area contributed by atoms with Gasteiger partial charge >= 0.3 is 0 Å². The molecule has 0 atom stereocenters. The SMILES string of the molecule is COc1cc(CCNC=O)ccc1OCC#Cc1ccc(Cl)cc1. The van der Waals surface area contributed by atoms with Gasteiger partial charge in [-0.05, 0) is 48.4 Å². The van der Waals surface area contributed by atoms with Gasteiger partial charge in [0.2, 0.25) is 6.41 Å². The molecule has 0 unspecified atom stereocenters. The first-order valence-electron chi connectivity index (χ1n) is 7.44. The molecule has 2 aromatic carbocycles. The molecule has 0 radical (unpaired) electrons. The van der Waals surface area contributed by atoms with Crippen molar-refractivity contribution in [1.82, 2.24) is 5.32 Å². The quantitative estimate of drug-likeness (QED) is 0.477. The molecule has 0 heterocycles. The summed E-state index contributed by atoms with van der Waals surface area (Å²) in [6, 6.07) is 13.0. The molecule has 4 nitrogen and oxygen atoms in total. The molecule has 0 aliphatic rings. The third kappa shape index (κ3) is 5.53. The number of nitrogens with one attached hydrogen (secondary N) is 1. The highest BCUT2D eigenvalue weighted by atomic mass is 35.5. The van der Waals surface area contributed by atoms with Crippen molar-refractivity contribution in [1.29, 1.82) is 0 Å². The Balaban J connectivity index is 1.94. The Labute approximate surface area is 146 Å². The van der Waals surface area contributed by atoms with E-state index in [2.05, 4.69) is 17.2 Å². The molecule has 5 heteroatoms. The van der Waals surface area contributed by atoms with Gasteiger partial charge < -0.3 is 14.8 Å². The molecule has 1 amide bonds. The molecule has 0 bridgehead atoms. The fraction of sp³-hybridized carbons (Fsp3) is 0.211. The number of hydrogen-bond donors (Lipinski definition) is 1. The predicted octanol–water partition coefficient (Wildman–Crippen LogP) is 3.07. The second-order valence-electron chi connectivity index (χ2n) is 4.90.